The highest BCUT2D eigenvalue weighted by Gasteiger charge is 2.16. The standard InChI is InChI=1S/C9H21NO/c1-5-8(2)11-7-9(3,4)6-10/h8H,5-7,10H2,1-4H3. The molecule has 0 fully saturated rings. The maximum Gasteiger partial charge on any atom is 0.0544 e. The van der Waals surface area contributed by atoms with Gasteiger partial charge in [0.05, 0.1) is 12.7 Å². The lowest BCUT2D eigenvalue weighted by Gasteiger charge is -2.24. The molecule has 0 amide bonds. The van der Waals surface area contributed by atoms with Crippen molar-refractivity contribution in [2.45, 2.75) is 40.2 Å². The lowest BCUT2D eigenvalue weighted by atomic mass is 9.95. The van der Waals surface area contributed by atoms with Gasteiger partial charge in [0, 0.05) is 5.41 Å². The summed E-state index contributed by atoms with van der Waals surface area (Å²) in [5, 5.41) is 0. The van der Waals surface area contributed by atoms with E-state index >= 15 is 0 Å². The maximum absolute atomic E-state index is 5.57. The Bertz CT molecular complexity index is 102. The predicted octanol–water partition coefficient (Wildman–Crippen LogP) is 1.79. The summed E-state index contributed by atoms with van der Waals surface area (Å²) in [7, 11) is 0. The second-order valence-corrected chi connectivity index (χ2v) is 3.90. The smallest absolute Gasteiger partial charge is 0.0544 e. The highest BCUT2D eigenvalue weighted by molar-refractivity contribution is 4.68. The van der Waals surface area contributed by atoms with Crippen LogP contribution in [0.1, 0.15) is 34.1 Å². The average molecular weight is 159 g/mol. The Morgan fingerprint density at radius 2 is 2.00 bits per heavy atom. The Morgan fingerprint density at radius 1 is 1.45 bits per heavy atom. The van der Waals surface area contributed by atoms with Gasteiger partial charge in [-0.25, -0.2) is 0 Å². The maximum atomic E-state index is 5.57. The fourth-order valence-corrected chi connectivity index (χ4v) is 0.545. The van der Waals surface area contributed by atoms with Crippen LogP contribution in [-0.4, -0.2) is 19.3 Å². The molecule has 0 saturated carbocycles. The Balaban J connectivity index is 3.52. The second kappa shape index (κ2) is 4.73. The van der Waals surface area contributed by atoms with E-state index in [2.05, 4.69) is 27.7 Å². The van der Waals surface area contributed by atoms with Gasteiger partial charge in [0.1, 0.15) is 0 Å². The van der Waals surface area contributed by atoms with Crippen LogP contribution in [-0.2, 0) is 4.74 Å². The largest absolute Gasteiger partial charge is 0.378 e. The predicted molar refractivity (Wildman–Crippen MR) is 48.5 cm³/mol. The van der Waals surface area contributed by atoms with Crippen molar-refractivity contribution in [3.63, 3.8) is 0 Å². The van der Waals surface area contributed by atoms with Crippen LogP contribution in [0.15, 0.2) is 0 Å². The van der Waals surface area contributed by atoms with E-state index in [-0.39, 0.29) is 5.41 Å². The van der Waals surface area contributed by atoms with Gasteiger partial charge in [0.2, 0.25) is 0 Å². The minimum Gasteiger partial charge on any atom is -0.378 e. The number of hydrogen-bond donors (Lipinski definition) is 1. The summed E-state index contributed by atoms with van der Waals surface area (Å²) in [5.74, 6) is 0. The third kappa shape index (κ3) is 5.22. The van der Waals surface area contributed by atoms with Crippen LogP contribution in [0.3, 0.4) is 0 Å². The lowest BCUT2D eigenvalue weighted by Crippen LogP contribution is -2.30. The molecule has 0 saturated heterocycles. The summed E-state index contributed by atoms with van der Waals surface area (Å²) in [6.45, 7) is 9.90. The number of rotatable bonds is 5. The van der Waals surface area contributed by atoms with E-state index in [1.165, 1.54) is 0 Å². The van der Waals surface area contributed by atoms with Gasteiger partial charge in [0.15, 0.2) is 0 Å². The summed E-state index contributed by atoms with van der Waals surface area (Å²) in [5.41, 5.74) is 5.68. The van der Waals surface area contributed by atoms with Crippen molar-refractivity contribution in [3.8, 4) is 0 Å². The molecule has 2 heteroatoms. The van der Waals surface area contributed by atoms with Gasteiger partial charge in [-0.15, -0.1) is 0 Å². The Labute approximate surface area is 70.1 Å². The van der Waals surface area contributed by atoms with E-state index in [4.69, 9.17) is 10.5 Å². The number of nitrogens with two attached hydrogens (primary N) is 1. The molecule has 0 bridgehead atoms. The molecule has 0 spiro atoms. The van der Waals surface area contributed by atoms with Crippen LogP contribution >= 0.6 is 0 Å². The van der Waals surface area contributed by atoms with Crippen LogP contribution < -0.4 is 5.73 Å². The van der Waals surface area contributed by atoms with Crippen LogP contribution in [0, 0.1) is 5.41 Å². The highest BCUT2D eigenvalue weighted by atomic mass is 16.5. The SMILES string of the molecule is CCC(C)OCC(C)(C)CN. The van der Waals surface area contributed by atoms with E-state index in [1.54, 1.807) is 0 Å². The molecule has 0 aliphatic heterocycles. The van der Waals surface area contributed by atoms with E-state index in [1.807, 2.05) is 0 Å². The second-order valence-electron chi connectivity index (χ2n) is 3.90. The van der Waals surface area contributed by atoms with Gasteiger partial charge in [-0.1, -0.05) is 20.8 Å². The van der Waals surface area contributed by atoms with Crippen LogP contribution in [0.2, 0.25) is 0 Å². The summed E-state index contributed by atoms with van der Waals surface area (Å²) < 4.78 is 5.57. The molecule has 0 aromatic rings. The van der Waals surface area contributed by atoms with Crippen molar-refractivity contribution in [2.24, 2.45) is 11.1 Å². The minimum atomic E-state index is 0.128. The van der Waals surface area contributed by atoms with Crippen LogP contribution in [0.5, 0.6) is 0 Å². The fourth-order valence-electron chi connectivity index (χ4n) is 0.545. The van der Waals surface area contributed by atoms with E-state index in [0.29, 0.717) is 12.6 Å². The van der Waals surface area contributed by atoms with Crippen LogP contribution in [0.4, 0.5) is 0 Å². The zero-order valence-corrected chi connectivity index (χ0v) is 8.18. The Morgan fingerprint density at radius 3 is 2.36 bits per heavy atom. The Kier molecular flexibility index (Phi) is 4.69. The molecular formula is C9H21NO. The molecule has 1 unspecified atom stereocenters. The van der Waals surface area contributed by atoms with Gasteiger partial charge >= 0.3 is 0 Å². The van der Waals surface area contributed by atoms with Crippen molar-refractivity contribution in [1.82, 2.24) is 0 Å². The first-order chi connectivity index (χ1) is 5.02. The highest BCUT2D eigenvalue weighted by Crippen LogP contribution is 2.14. The van der Waals surface area contributed by atoms with E-state index in [9.17, 15) is 0 Å². The summed E-state index contributed by atoms with van der Waals surface area (Å²) >= 11 is 0. The molecule has 1 atom stereocenters. The summed E-state index contributed by atoms with van der Waals surface area (Å²) in [6.07, 6.45) is 1.43. The molecule has 68 valence electrons. The van der Waals surface area contributed by atoms with E-state index < -0.39 is 0 Å². The van der Waals surface area contributed by atoms with Gasteiger partial charge < -0.3 is 10.5 Å². The first-order valence-corrected chi connectivity index (χ1v) is 4.33. The molecule has 0 aromatic heterocycles. The molecule has 0 aliphatic carbocycles. The van der Waals surface area contributed by atoms with Gasteiger partial charge in [-0.3, -0.25) is 0 Å². The number of hydrogen-bond acceptors (Lipinski definition) is 2. The first-order valence-electron chi connectivity index (χ1n) is 4.33. The van der Waals surface area contributed by atoms with Crippen molar-refractivity contribution in [3.05, 3.63) is 0 Å². The molecule has 2 nitrogen and oxygen atoms in total. The summed E-state index contributed by atoms with van der Waals surface area (Å²) in [4.78, 5) is 0. The third-order valence-electron chi connectivity index (χ3n) is 1.89. The van der Waals surface area contributed by atoms with Crippen molar-refractivity contribution < 1.29 is 4.74 Å². The zero-order valence-electron chi connectivity index (χ0n) is 8.18. The molecule has 0 aliphatic rings. The monoisotopic (exact) mass is 159 g/mol. The lowest BCUT2D eigenvalue weighted by molar-refractivity contribution is 0.0137. The average Bonchev–Trinajstić information content (AvgIpc) is 2.00. The quantitative estimate of drug-likeness (QED) is 0.663. The molecule has 2 N–H and O–H groups in total. The topological polar surface area (TPSA) is 35.2 Å². The number of ether oxygens (including phenoxy) is 1. The molecule has 0 radical (unpaired) electrons. The normalized spacial score (nSPS) is 15.0. The van der Waals surface area contributed by atoms with E-state index in [0.717, 1.165) is 13.0 Å². The van der Waals surface area contributed by atoms with Gasteiger partial charge in [-0.2, -0.15) is 0 Å². The molecular weight excluding hydrogens is 138 g/mol. The third-order valence-corrected chi connectivity index (χ3v) is 1.89. The molecule has 0 aromatic carbocycles. The molecule has 0 rings (SSSR count). The van der Waals surface area contributed by atoms with Crippen molar-refractivity contribution in [2.75, 3.05) is 13.2 Å². The van der Waals surface area contributed by atoms with Crippen molar-refractivity contribution >= 4 is 0 Å². The van der Waals surface area contributed by atoms with Gasteiger partial charge in [-0.05, 0) is 19.9 Å². The molecule has 11 heavy (non-hydrogen) atoms. The van der Waals surface area contributed by atoms with Gasteiger partial charge in [0.25, 0.3) is 0 Å². The fraction of sp³-hybridized carbons (Fsp3) is 1.00. The van der Waals surface area contributed by atoms with Crippen LogP contribution in [0.25, 0.3) is 0 Å². The first kappa shape index (κ1) is 10.9. The summed E-state index contributed by atoms with van der Waals surface area (Å²) in [6, 6.07) is 0. The van der Waals surface area contributed by atoms with Crippen molar-refractivity contribution in [1.29, 1.82) is 0 Å². The zero-order chi connectivity index (χ0) is 8.91. The minimum absolute atomic E-state index is 0.128. The Hall–Kier alpha value is -0.0800. The molecule has 0 heterocycles.